The molecule has 0 bridgehead atoms. The molecule has 1 N–H and O–H groups in total. The number of ether oxygens (including phenoxy) is 1. The number of amides is 1. The molecule has 0 aliphatic heterocycles. The lowest BCUT2D eigenvalue weighted by Crippen LogP contribution is -2.31. The number of aromatic nitrogens is 4. The number of nitrogens with one attached hydrogen (secondary N) is 1. The van der Waals surface area contributed by atoms with E-state index in [9.17, 15) is 9.59 Å². The van der Waals surface area contributed by atoms with Crippen LogP contribution in [0, 0.1) is 0 Å². The van der Waals surface area contributed by atoms with E-state index in [1.54, 1.807) is 43.6 Å². The summed E-state index contributed by atoms with van der Waals surface area (Å²) in [6, 6.07) is 21.7. The van der Waals surface area contributed by atoms with E-state index in [0.717, 1.165) is 0 Å². The van der Waals surface area contributed by atoms with Gasteiger partial charge >= 0.3 is 5.69 Å². The van der Waals surface area contributed by atoms with Gasteiger partial charge in [-0.1, -0.05) is 36.4 Å². The number of carbonyl (C=O) groups is 1. The number of rotatable bonds is 7. The number of carbonyl (C=O) groups excluding carboxylic acids is 1. The molecule has 0 aliphatic carbocycles. The number of hydrogen-bond donors (Lipinski definition) is 1. The monoisotopic (exact) mass is 415 g/mol. The van der Waals surface area contributed by atoms with Gasteiger partial charge in [0.2, 0.25) is 0 Å². The average Bonchev–Trinajstić information content (AvgIpc) is 3.09. The van der Waals surface area contributed by atoms with E-state index in [4.69, 9.17) is 4.74 Å². The van der Waals surface area contributed by atoms with Crippen LogP contribution in [-0.4, -0.2) is 31.8 Å². The summed E-state index contributed by atoms with van der Waals surface area (Å²) in [6.45, 7) is 0.462. The first-order chi connectivity index (χ1) is 15.1. The molecule has 31 heavy (non-hydrogen) atoms. The van der Waals surface area contributed by atoms with Crippen LogP contribution in [0.15, 0.2) is 83.8 Å². The fraction of sp³-hybridized carbons (Fsp3) is 0.130. The molecule has 2 aromatic heterocycles. The zero-order valence-electron chi connectivity index (χ0n) is 16.9. The van der Waals surface area contributed by atoms with E-state index < -0.39 is 0 Å². The topological polar surface area (TPSA) is 91.0 Å². The minimum Gasteiger partial charge on any atom is -0.457 e. The standard InChI is InChI=1S/C23H21N5O3/c1-27-21(19-12-7-8-14-24-19)26-28(23(27)30)16-15-25-22(29)18-11-5-6-13-20(18)31-17-9-3-2-4-10-17/h2-14H,15-16H2,1H3,(H,25,29). The molecule has 0 fully saturated rings. The molecule has 0 aliphatic rings. The Kier molecular flexibility index (Phi) is 5.89. The molecule has 0 unspecified atom stereocenters. The molecule has 0 saturated heterocycles. The van der Waals surface area contributed by atoms with E-state index in [1.807, 2.05) is 42.5 Å². The zero-order valence-corrected chi connectivity index (χ0v) is 16.9. The second kappa shape index (κ2) is 9.08. The van der Waals surface area contributed by atoms with Gasteiger partial charge in [0.05, 0.1) is 12.1 Å². The lowest BCUT2D eigenvalue weighted by molar-refractivity contribution is 0.0949. The predicted molar refractivity (Wildman–Crippen MR) is 116 cm³/mol. The van der Waals surface area contributed by atoms with Gasteiger partial charge in [0.25, 0.3) is 5.91 Å². The highest BCUT2D eigenvalue weighted by Crippen LogP contribution is 2.24. The number of nitrogens with zero attached hydrogens (tertiary/aromatic N) is 4. The molecule has 156 valence electrons. The molecule has 2 heterocycles. The maximum absolute atomic E-state index is 12.7. The molecule has 4 rings (SSSR count). The highest BCUT2D eigenvalue weighted by atomic mass is 16.5. The summed E-state index contributed by atoms with van der Waals surface area (Å²) in [5.74, 6) is 1.28. The van der Waals surface area contributed by atoms with Crippen LogP contribution in [0.25, 0.3) is 11.5 Å². The molecule has 1 amide bonds. The zero-order chi connectivity index (χ0) is 21.6. The Hall–Kier alpha value is -4.20. The molecule has 0 radical (unpaired) electrons. The van der Waals surface area contributed by atoms with E-state index in [-0.39, 0.29) is 24.7 Å². The van der Waals surface area contributed by atoms with Gasteiger partial charge in [0.1, 0.15) is 17.2 Å². The molecule has 0 spiro atoms. The van der Waals surface area contributed by atoms with E-state index in [1.165, 1.54) is 9.25 Å². The van der Waals surface area contributed by atoms with Gasteiger partial charge in [-0.25, -0.2) is 9.48 Å². The lowest BCUT2D eigenvalue weighted by Gasteiger charge is -2.11. The Balaban J connectivity index is 1.43. The van der Waals surface area contributed by atoms with Crippen molar-refractivity contribution in [3.05, 3.63) is 95.0 Å². The molecule has 2 aromatic carbocycles. The summed E-state index contributed by atoms with van der Waals surface area (Å²) in [4.78, 5) is 29.4. The molecule has 0 saturated carbocycles. The molecule has 8 heteroatoms. The minimum absolute atomic E-state index is 0.229. The summed E-state index contributed by atoms with van der Waals surface area (Å²) in [5.41, 5.74) is 0.744. The summed E-state index contributed by atoms with van der Waals surface area (Å²) in [6.07, 6.45) is 1.65. The highest BCUT2D eigenvalue weighted by Gasteiger charge is 2.15. The van der Waals surface area contributed by atoms with Crippen LogP contribution in [0.4, 0.5) is 0 Å². The SMILES string of the molecule is Cn1c(-c2ccccn2)nn(CCNC(=O)c2ccccc2Oc2ccccc2)c1=O. The van der Waals surface area contributed by atoms with Crippen molar-refractivity contribution in [1.82, 2.24) is 24.6 Å². The van der Waals surface area contributed by atoms with Gasteiger partial charge < -0.3 is 10.1 Å². The fourth-order valence-electron chi connectivity index (χ4n) is 3.08. The average molecular weight is 415 g/mol. The molecule has 8 nitrogen and oxygen atoms in total. The van der Waals surface area contributed by atoms with Crippen molar-refractivity contribution >= 4 is 5.91 Å². The van der Waals surface area contributed by atoms with Crippen LogP contribution < -0.4 is 15.7 Å². The van der Waals surface area contributed by atoms with E-state index >= 15 is 0 Å². The Morgan fingerprint density at radius 1 is 1.00 bits per heavy atom. The third-order valence-electron chi connectivity index (χ3n) is 4.65. The van der Waals surface area contributed by atoms with Gasteiger partial charge in [-0.15, -0.1) is 5.10 Å². The maximum atomic E-state index is 12.7. The highest BCUT2D eigenvalue weighted by molar-refractivity contribution is 5.97. The van der Waals surface area contributed by atoms with Crippen LogP contribution in [-0.2, 0) is 13.6 Å². The third-order valence-corrected chi connectivity index (χ3v) is 4.65. The first-order valence-corrected chi connectivity index (χ1v) is 9.79. The van der Waals surface area contributed by atoms with Crippen LogP contribution in [0.3, 0.4) is 0 Å². The number of para-hydroxylation sites is 2. The minimum atomic E-state index is -0.291. The smallest absolute Gasteiger partial charge is 0.346 e. The van der Waals surface area contributed by atoms with Gasteiger partial charge in [0, 0.05) is 19.8 Å². The van der Waals surface area contributed by atoms with Gasteiger partial charge in [0.15, 0.2) is 5.82 Å². The Morgan fingerprint density at radius 2 is 1.74 bits per heavy atom. The first kappa shape index (κ1) is 20.1. The Morgan fingerprint density at radius 3 is 2.52 bits per heavy atom. The van der Waals surface area contributed by atoms with Crippen molar-refractivity contribution in [1.29, 1.82) is 0 Å². The maximum Gasteiger partial charge on any atom is 0.346 e. The lowest BCUT2D eigenvalue weighted by atomic mass is 10.2. The summed E-state index contributed by atoms with van der Waals surface area (Å²) in [5, 5.41) is 7.18. The second-order valence-electron chi connectivity index (χ2n) is 6.77. The quantitative estimate of drug-likeness (QED) is 0.501. The number of benzene rings is 2. The van der Waals surface area contributed by atoms with E-state index in [0.29, 0.717) is 28.6 Å². The normalized spacial score (nSPS) is 10.6. The molecule has 4 aromatic rings. The van der Waals surface area contributed by atoms with E-state index in [2.05, 4.69) is 15.4 Å². The van der Waals surface area contributed by atoms with Crippen LogP contribution in [0.5, 0.6) is 11.5 Å². The number of hydrogen-bond acceptors (Lipinski definition) is 5. The summed E-state index contributed by atoms with van der Waals surface area (Å²) >= 11 is 0. The van der Waals surface area contributed by atoms with Crippen molar-refractivity contribution in [2.24, 2.45) is 7.05 Å². The molecular formula is C23H21N5O3. The Bertz CT molecular complexity index is 1230. The van der Waals surface area contributed by atoms with Crippen molar-refractivity contribution in [2.45, 2.75) is 6.54 Å². The Labute approximate surface area is 178 Å². The van der Waals surface area contributed by atoms with Crippen LogP contribution in [0.1, 0.15) is 10.4 Å². The van der Waals surface area contributed by atoms with Crippen molar-refractivity contribution in [3.8, 4) is 23.0 Å². The van der Waals surface area contributed by atoms with Crippen LogP contribution in [0.2, 0.25) is 0 Å². The van der Waals surface area contributed by atoms with Gasteiger partial charge in [-0.05, 0) is 36.4 Å². The first-order valence-electron chi connectivity index (χ1n) is 9.79. The predicted octanol–water partition coefficient (Wildman–Crippen LogP) is 2.87. The largest absolute Gasteiger partial charge is 0.457 e. The molecular weight excluding hydrogens is 394 g/mol. The van der Waals surface area contributed by atoms with Gasteiger partial charge in [-0.2, -0.15) is 0 Å². The second-order valence-corrected chi connectivity index (χ2v) is 6.77. The van der Waals surface area contributed by atoms with Crippen LogP contribution >= 0.6 is 0 Å². The van der Waals surface area contributed by atoms with Crippen molar-refractivity contribution < 1.29 is 9.53 Å². The van der Waals surface area contributed by atoms with Crippen molar-refractivity contribution in [3.63, 3.8) is 0 Å². The van der Waals surface area contributed by atoms with Crippen molar-refractivity contribution in [2.75, 3.05) is 6.54 Å². The van der Waals surface area contributed by atoms with Gasteiger partial charge in [-0.3, -0.25) is 14.3 Å². The summed E-state index contributed by atoms with van der Waals surface area (Å²) in [7, 11) is 1.64. The molecule has 0 atom stereocenters. The summed E-state index contributed by atoms with van der Waals surface area (Å²) < 4.78 is 8.60. The third kappa shape index (κ3) is 4.53. The fourth-order valence-corrected chi connectivity index (χ4v) is 3.08. The number of pyridine rings is 1.